The maximum atomic E-state index is 12.3. The third-order valence-electron chi connectivity index (χ3n) is 3.63. The molecule has 0 heterocycles. The largest absolute Gasteiger partial charge is 0.345 e. The van der Waals surface area contributed by atoms with Crippen LogP contribution in [0.5, 0.6) is 0 Å². The highest BCUT2D eigenvalue weighted by Crippen LogP contribution is 2.31. The van der Waals surface area contributed by atoms with E-state index in [4.69, 9.17) is 23.2 Å². The molecule has 1 aromatic carbocycles. The molecule has 1 aromatic rings. The summed E-state index contributed by atoms with van der Waals surface area (Å²) in [6.45, 7) is 1.89. The molecule has 1 saturated carbocycles. The van der Waals surface area contributed by atoms with E-state index >= 15 is 0 Å². The van der Waals surface area contributed by atoms with Crippen LogP contribution >= 0.6 is 23.2 Å². The molecule has 1 fully saturated rings. The number of alkyl halides is 1. The van der Waals surface area contributed by atoms with Crippen LogP contribution in [-0.4, -0.2) is 17.3 Å². The van der Waals surface area contributed by atoms with Gasteiger partial charge in [0.05, 0.1) is 5.54 Å². The van der Waals surface area contributed by atoms with Crippen LogP contribution in [0.4, 0.5) is 0 Å². The molecular weight excluding hydrogens is 269 g/mol. The molecule has 2 nitrogen and oxygen atoms in total. The number of hydrogen-bond acceptors (Lipinski definition) is 1. The minimum Gasteiger partial charge on any atom is -0.345 e. The van der Waals surface area contributed by atoms with Crippen LogP contribution in [0.15, 0.2) is 18.2 Å². The number of carbonyl (C=O) groups is 1. The van der Waals surface area contributed by atoms with E-state index in [0.717, 1.165) is 31.2 Å². The van der Waals surface area contributed by atoms with Crippen molar-refractivity contribution in [3.8, 4) is 0 Å². The summed E-state index contributed by atoms with van der Waals surface area (Å²) in [5.74, 6) is 0.428. The molecule has 4 heteroatoms. The van der Waals surface area contributed by atoms with Gasteiger partial charge in [0, 0.05) is 16.5 Å². The maximum absolute atomic E-state index is 12.3. The van der Waals surface area contributed by atoms with E-state index in [0.29, 0.717) is 16.5 Å². The van der Waals surface area contributed by atoms with Crippen LogP contribution in [0.1, 0.15) is 41.6 Å². The van der Waals surface area contributed by atoms with Crippen LogP contribution in [-0.2, 0) is 0 Å². The van der Waals surface area contributed by atoms with Gasteiger partial charge in [-0.25, -0.2) is 0 Å². The number of carbonyl (C=O) groups excluding carboxylic acids is 1. The Labute approximate surface area is 118 Å². The Bertz CT molecular complexity index is 453. The first-order valence-corrected chi connectivity index (χ1v) is 7.12. The van der Waals surface area contributed by atoms with E-state index in [-0.39, 0.29) is 11.4 Å². The fourth-order valence-corrected chi connectivity index (χ4v) is 3.09. The SMILES string of the molecule is Cc1cc(Cl)ccc1C(=O)NC1(CCl)CCCC1. The number of halogens is 2. The second-order valence-corrected chi connectivity index (χ2v) is 5.74. The molecule has 0 spiro atoms. The Kier molecular flexibility index (Phi) is 4.18. The molecule has 1 N–H and O–H groups in total. The first kappa shape index (κ1) is 13.7. The first-order valence-electron chi connectivity index (χ1n) is 6.21. The van der Waals surface area contributed by atoms with Crippen molar-refractivity contribution < 1.29 is 4.79 Å². The zero-order valence-corrected chi connectivity index (χ0v) is 11.9. The average Bonchev–Trinajstić information content (AvgIpc) is 2.78. The first-order chi connectivity index (χ1) is 8.56. The zero-order valence-electron chi connectivity index (χ0n) is 10.4. The predicted molar refractivity (Wildman–Crippen MR) is 75.6 cm³/mol. The van der Waals surface area contributed by atoms with Crippen LogP contribution in [0, 0.1) is 6.92 Å². The van der Waals surface area contributed by atoms with Crippen molar-refractivity contribution in [3.63, 3.8) is 0 Å². The minimum absolute atomic E-state index is 0.0493. The molecule has 0 aliphatic heterocycles. The quantitative estimate of drug-likeness (QED) is 0.838. The highest BCUT2D eigenvalue weighted by atomic mass is 35.5. The lowest BCUT2D eigenvalue weighted by atomic mass is 9.99. The Balaban J connectivity index is 2.16. The van der Waals surface area contributed by atoms with Crippen LogP contribution in [0.3, 0.4) is 0 Å². The third-order valence-corrected chi connectivity index (χ3v) is 4.37. The fourth-order valence-electron chi connectivity index (χ4n) is 2.53. The number of amides is 1. The van der Waals surface area contributed by atoms with E-state index < -0.39 is 0 Å². The van der Waals surface area contributed by atoms with Crippen molar-refractivity contribution in [3.05, 3.63) is 34.3 Å². The molecule has 98 valence electrons. The summed E-state index contributed by atoms with van der Waals surface area (Å²) in [5.41, 5.74) is 1.35. The lowest BCUT2D eigenvalue weighted by Gasteiger charge is -2.28. The normalized spacial score (nSPS) is 17.7. The van der Waals surface area contributed by atoms with Gasteiger partial charge in [-0.05, 0) is 43.5 Å². The number of nitrogens with one attached hydrogen (secondary N) is 1. The van der Waals surface area contributed by atoms with E-state index in [9.17, 15) is 4.79 Å². The summed E-state index contributed by atoms with van der Waals surface area (Å²) in [6.07, 6.45) is 4.20. The second kappa shape index (κ2) is 5.50. The lowest BCUT2D eigenvalue weighted by Crippen LogP contribution is -2.48. The topological polar surface area (TPSA) is 29.1 Å². The van der Waals surface area contributed by atoms with Gasteiger partial charge < -0.3 is 5.32 Å². The van der Waals surface area contributed by atoms with Gasteiger partial charge in [0.15, 0.2) is 0 Å². The van der Waals surface area contributed by atoms with Crippen molar-refractivity contribution in [2.75, 3.05) is 5.88 Å². The van der Waals surface area contributed by atoms with Crippen molar-refractivity contribution in [1.82, 2.24) is 5.32 Å². The van der Waals surface area contributed by atoms with Gasteiger partial charge in [0.25, 0.3) is 5.91 Å². The Morgan fingerprint density at radius 2 is 2.06 bits per heavy atom. The van der Waals surface area contributed by atoms with Crippen molar-refractivity contribution in [2.24, 2.45) is 0 Å². The summed E-state index contributed by atoms with van der Waals surface area (Å²) in [5, 5.41) is 3.75. The number of benzene rings is 1. The highest BCUT2D eigenvalue weighted by Gasteiger charge is 2.34. The van der Waals surface area contributed by atoms with Crippen LogP contribution in [0.25, 0.3) is 0 Å². The van der Waals surface area contributed by atoms with Crippen LogP contribution in [0.2, 0.25) is 5.02 Å². The standard InChI is InChI=1S/C14H17Cl2NO/c1-10-8-11(16)4-5-12(10)13(18)17-14(9-15)6-2-3-7-14/h4-5,8H,2-3,6-7,9H2,1H3,(H,17,18). The molecule has 18 heavy (non-hydrogen) atoms. The van der Waals surface area contributed by atoms with E-state index in [1.807, 2.05) is 6.92 Å². The molecule has 1 aliphatic rings. The van der Waals surface area contributed by atoms with Gasteiger partial charge in [-0.1, -0.05) is 24.4 Å². The smallest absolute Gasteiger partial charge is 0.252 e. The molecule has 0 atom stereocenters. The van der Waals surface area contributed by atoms with Crippen molar-refractivity contribution >= 4 is 29.1 Å². The fraction of sp³-hybridized carbons (Fsp3) is 0.500. The molecule has 1 aliphatic carbocycles. The van der Waals surface area contributed by atoms with Crippen molar-refractivity contribution in [1.29, 1.82) is 0 Å². The summed E-state index contributed by atoms with van der Waals surface area (Å²) in [7, 11) is 0. The van der Waals surface area contributed by atoms with Gasteiger partial charge in [-0.2, -0.15) is 0 Å². The van der Waals surface area contributed by atoms with Gasteiger partial charge in [-0.3, -0.25) is 4.79 Å². The predicted octanol–water partition coefficient (Wildman–Crippen LogP) is 3.93. The highest BCUT2D eigenvalue weighted by molar-refractivity contribution is 6.30. The Hall–Kier alpha value is -0.730. The van der Waals surface area contributed by atoms with Gasteiger partial charge in [0.2, 0.25) is 0 Å². The second-order valence-electron chi connectivity index (χ2n) is 5.03. The van der Waals surface area contributed by atoms with Gasteiger partial charge in [0.1, 0.15) is 0 Å². The Morgan fingerprint density at radius 3 is 2.61 bits per heavy atom. The molecule has 0 saturated heterocycles. The number of hydrogen-bond donors (Lipinski definition) is 1. The van der Waals surface area contributed by atoms with Gasteiger partial charge >= 0.3 is 0 Å². The molecule has 0 aromatic heterocycles. The Morgan fingerprint density at radius 1 is 1.39 bits per heavy atom. The molecule has 0 unspecified atom stereocenters. The maximum Gasteiger partial charge on any atom is 0.252 e. The van der Waals surface area contributed by atoms with E-state index in [2.05, 4.69) is 5.32 Å². The summed E-state index contributed by atoms with van der Waals surface area (Å²) >= 11 is 11.9. The van der Waals surface area contributed by atoms with Crippen LogP contribution < -0.4 is 5.32 Å². The van der Waals surface area contributed by atoms with E-state index in [1.165, 1.54) is 0 Å². The van der Waals surface area contributed by atoms with E-state index in [1.54, 1.807) is 18.2 Å². The zero-order chi connectivity index (χ0) is 13.2. The average molecular weight is 286 g/mol. The monoisotopic (exact) mass is 285 g/mol. The minimum atomic E-state index is -0.218. The molecule has 0 radical (unpaired) electrons. The summed E-state index contributed by atoms with van der Waals surface area (Å²) in [4.78, 5) is 12.3. The van der Waals surface area contributed by atoms with Crippen molar-refractivity contribution in [2.45, 2.75) is 38.1 Å². The molecule has 1 amide bonds. The molecule has 0 bridgehead atoms. The lowest BCUT2D eigenvalue weighted by molar-refractivity contribution is 0.0908. The molecule has 2 rings (SSSR count). The molecular formula is C14H17Cl2NO. The third kappa shape index (κ3) is 2.81. The number of aryl methyl sites for hydroxylation is 1. The summed E-state index contributed by atoms with van der Waals surface area (Å²) < 4.78 is 0. The number of rotatable bonds is 3. The van der Waals surface area contributed by atoms with Gasteiger partial charge in [-0.15, -0.1) is 11.6 Å². The summed E-state index contributed by atoms with van der Waals surface area (Å²) in [6, 6.07) is 5.31.